The number of hydrogen-bond donors (Lipinski definition) is 1. The second-order valence-corrected chi connectivity index (χ2v) is 12.1. The first kappa shape index (κ1) is 29.3. The summed E-state index contributed by atoms with van der Waals surface area (Å²) in [5.74, 6) is -1.44. The molecule has 0 aliphatic rings. The number of carbonyl (C=O) groups excluding carboxylic acids is 2. The van der Waals surface area contributed by atoms with Gasteiger partial charge in [0.05, 0.1) is 11.9 Å². The number of sulfonamides is 1. The van der Waals surface area contributed by atoms with Crippen molar-refractivity contribution >= 4 is 43.5 Å². The van der Waals surface area contributed by atoms with E-state index in [1.165, 1.54) is 17.0 Å². The average Bonchev–Trinajstić information content (AvgIpc) is 2.86. The molecular formula is C28H31BrFN3O4S. The Morgan fingerprint density at radius 1 is 0.921 bits per heavy atom. The highest BCUT2D eigenvalue weighted by Crippen LogP contribution is 2.21. The number of amides is 2. The van der Waals surface area contributed by atoms with Crippen LogP contribution in [0.5, 0.6) is 0 Å². The molecule has 0 bridgehead atoms. The Balaban J connectivity index is 2.04. The topological polar surface area (TPSA) is 86.8 Å². The predicted molar refractivity (Wildman–Crippen MR) is 150 cm³/mol. The fourth-order valence-corrected chi connectivity index (χ4v) is 5.06. The minimum atomic E-state index is -3.91. The molecule has 0 aliphatic heterocycles. The van der Waals surface area contributed by atoms with Crippen LogP contribution >= 0.6 is 15.9 Å². The molecular weight excluding hydrogens is 573 g/mol. The molecule has 2 amide bonds. The first-order valence-electron chi connectivity index (χ1n) is 12.1. The third-order valence-electron chi connectivity index (χ3n) is 5.76. The Bertz CT molecular complexity index is 1330. The Hall–Kier alpha value is -3.24. The Morgan fingerprint density at radius 3 is 2.08 bits per heavy atom. The van der Waals surface area contributed by atoms with Gasteiger partial charge in [-0.3, -0.25) is 13.9 Å². The SMILES string of the molecule is CC(C)NC(=O)[C@@H](Cc1ccccc1)N(Cc1ccc(Br)cc1)C(=O)CN(c1ccc(F)cc1)S(C)(=O)=O. The van der Waals surface area contributed by atoms with Crippen molar-refractivity contribution in [2.45, 2.75) is 38.9 Å². The third kappa shape index (κ3) is 8.39. The molecule has 0 radical (unpaired) electrons. The number of rotatable bonds is 11. The maximum atomic E-state index is 13.9. The van der Waals surface area contributed by atoms with Gasteiger partial charge in [0.1, 0.15) is 18.4 Å². The summed E-state index contributed by atoms with van der Waals surface area (Å²) in [6.45, 7) is 3.19. The first-order valence-corrected chi connectivity index (χ1v) is 14.7. The van der Waals surface area contributed by atoms with Crippen molar-refractivity contribution in [2.75, 3.05) is 17.1 Å². The van der Waals surface area contributed by atoms with Gasteiger partial charge in [0.15, 0.2) is 0 Å². The van der Waals surface area contributed by atoms with E-state index in [2.05, 4.69) is 21.2 Å². The summed E-state index contributed by atoms with van der Waals surface area (Å²) in [7, 11) is -3.91. The molecule has 38 heavy (non-hydrogen) atoms. The lowest BCUT2D eigenvalue weighted by molar-refractivity contribution is -0.140. The van der Waals surface area contributed by atoms with Crippen LogP contribution in [0.1, 0.15) is 25.0 Å². The van der Waals surface area contributed by atoms with Crippen molar-refractivity contribution in [3.8, 4) is 0 Å². The molecule has 10 heteroatoms. The minimum Gasteiger partial charge on any atom is -0.352 e. The van der Waals surface area contributed by atoms with E-state index in [1.807, 2.05) is 68.4 Å². The van der Waals surface area contributed by atoms with Gasteiger partial charge in [-0.15, -0.1) is 0 Å². The quantitative estimate of drug-likeness (QED) is 0.349. The fourth-order valence-electron chi connectivity index (χ4n) is 3.94. The van der Waals surface area contributed by atoms with Crippen LogP contribution in [0.2, 0.25) is 0 Å². The summed E-state index contributed by atoms with van der Waals surface area (Å²) < 4.78 is 40.7. The highest BCUT2D eigenvalue weighted by Gasteiger charge is 2.33. The van der Waals surface area contributed by atoms with E-state index in [1.54, 1.807) is 0 Å². The van der Waals surface area contributed by atoms with E-state index in [9.17, 15) is 22.4 Å². The summed E-state index contributed by atoms with van der Waals surface area (Å²) in [5, 5.41) is 2.90. The number of benzene rings is 3. The van der Waals surface area contributed by atoms with E-state index in [0.29, 0.717) is 0 Å². The minimum absolute atomic E-state index is 0.0795. The van der Waals surface area contributed by atoms with Crippen LogP contribution in [0.4, 0.5) is 10.1 Å². The number of anilines is 1. The van der Waals surface area contributed by atoms with Crippen LogP contribution in [0.15, 0.2) is 83.3 Å². The molecule has 3 aromatic rings. The molecule has 1 N–H and O–H groups in total. The van der Waals surface area contributed by atoms with Crippen molar-refractivity contribution < 1.29 is 22.4 Å². The van der Waals surface area contributed by atoms with E-state index in [4.69, 9.17) is 0 Å². The monoisotopic (exact) mass is 603 g/mol. The lowest BCUT2D eigenvalue weighted by Crippen LogP contribution is -2.54. The van der Waals surface area contributed by atoms with Gasteiger partial charge in [0.25, 0.3) is 0 Å². The molecule has 1 atom stereocenters. The van der Waals surface area contributed by atoms with Gasteiger partial charge >= 0.3 is 0 Å². The highest BCUT2D eigenvalue weighted by atomic mass is 79.9. The van der Waals surface area contributed by atoms with Crippen molar-refractivity contribution in [1.82, 2.24) is 10.2 Å². The molecule has 202 valence electrons. The second kappa shape index (κ2) is 13.0. The van der Waals surface area contributed by atoms with Gasteiger partial charge in [-0.05, 0) is 61.4 Å². The van der Waals surface area contributed by atoms with E-state index in [0.717, 1.165) is 38.3 Å². The van der Waals surface area contributed by atoms with E-state index in [-0.39, 0.29) is 30.6 Å². The number of nitrogens with one attached hydrogen (secondary N) is 1. The summed E-state index contributed by atoms with van der Waals surface area (Å²) in [6, 6.07) is 20.4. The Kier molecular flexibility index (Phi) is 10.0. The van der Waals surface area contributed by atoms with Gasteiger partial charge in [-0.1, -0.05) is 58.4 Å². The van der Waals surface area contributed by atoms with Crippen LogP contribution in [-0.2, 0) is 32.6 Å². The van der Waals surface area contributed by atoms with Gasteiger partial charge in [0, 0.05) is 23.5 Å². The smallest absolute Gasteiger partial charge is 0.244 e. The number of hydrogen-bond acceptors (Lipinski definition) is 4. The molecule has 0 saturated carbocycles. The first-order chi connectivity index (χ1) is 17.9. The number of halogens is 2. The van der Waals surface area contributed by atoms with Gasteiger partial charge in [-0.2, -0.15) is 0 Å². The third-order valence-corrected chi connectivity index (χ3v) is 7.43. The summed E-state index contributed by atoms with van der Waals surface area (Å²) >= 11 is 3.40. The Labute approximate surface area is 231 Å². The van der Waals surface area contributed by atoms with Gasteiger partial charge in [-0.25, -0.2) is 12.8 Å². The molecule has 0 saturated heterocycles. The lowest BCUT2D eigenvalue weighted by Gasteiger charge is -2.34. The maximum Gasteiger partial charge on any atom is 0.244 e. The summed E-state index contributed by atoms with van der Waals surface area (Å²) in [5.41, 5.74) is 1.77. The second-order valence-electron chi connectivity index (χ2n) is 9.26. The zero-order valence-corrected chi connectivity index (χ0v) is 23.9. The predicted octanol–water partition coefficient (Wildman–Crippen LogP) is 4.52. The van der Waals surface area contributed by atoms with Crippen LogP contribution < -0.4 is 9.62 Å². The molecule has 7 nitrogen and oxygen atoms in total. The van der Waals surface area contributed by atoms with Crippen LogP contribution in [0.3, 0.4) is 0 Å². The summed E-state index contributed by atoms with van der Waals surface area (Å²) in [4.78, 5) is 28.8. The van der Waals surface area contributed by atoms with E-state index >= 15 is 0 Å². The zero-order chi connectivity index (χ0) is 27.9. The van der Waals surface area contributed by atoms with Crippen LogP contribution in [0, 0.1) is 5.82 Å². The standard InChI is InChI=1S/C28H31BrFN3O4S/c1-20(2)31-28(35)26(17-21-7-5-4-6-8-21)32(18-22-9-11-23(29)12-10-22)27(34)19-33(38(3,36)37)25-15-13-24(30)14-16-25/h4-16,20,26H,17-19H2,1-3H3,(H,31,35)/t26-/m1/s1. The molecule has 0 unspecified atom stereocenters. The van der Waals surface area contributed by atoms with E-state index < -0.39 is 34.3 Å². The molecule has 3 aromatic carbocycles. The normalized spacial score (nSPS) is 12.2. The van der Waals surface area contributed by atoms with Crippen LogP contribution in [-0.4, -0.2) is 50.0 Å². The largest absolute Gasteiger partial charge is 0.352 e. The van der Waals surface area contributed by atoms with Crippen molar-refractivity contribution in [1.29, 1.82) is 0 Å². The Morgan fingerprint density at radius 2 is 1.53 bits per heavy atom. The average molecular weight is 605 g/mol. The molecule has 0 aliphatic carbocycles. The van der Waals surface area contributed by atoms with Gasteiger partial charge < -0.3 is 10.2 Å². The van der Waals surface area contributed by atoms with Gasteiger partial charge in [0.2, 0.25) is 21.8 Å². The number of carbonyl (C=O) groups is 2. The van der Waals surface area contributed by atoms with Crippen molar-refractivity contribution in [3.05, 3.63) is 100 Å². The van der Waals surface area contributed by atoms with Crippen molar-refractivity contribution in [3.63, 3.8) is 0 Å². The lowest BCUT2D eigenvalue weighted by atomic mass is 10.0. The molecule has 0 fully saturated rings. The molecule has 0 heterocycles. The molecule has 0 spiro atoms. The van der Waals surface area contributed by atoms with Crippen LogP contribution in [0.25, 0.3) is 0 Å². The molecule has 3 rings (SSSR count). The zero-order valence-electron chi connectivity index (χ0n) is 21.5. The highest BCUT2D eigenvalue weighted by molar-refractivity contribution is 9.10. The van der Waals surface area contributed by atoms with Crippen molar-refractivity contribution in [2.24, 2.45) is 0 Å². The summed E-state index contributed by atoms with van der Waals surface area (Å²) in [6.07, 6.45) is 1.21. The molecule has 0 aromatic heterocycles. The fraction of sp³-hybridized carbons (Fsp3) is 0.286. The number of nitrogens with zero attached hydrogens (tertiary/aromatic N) is 2. The maximum absolute atomic E-state index is 13.9.